The molecule has 6 aromatic carbocycles. The van der Waals surface area contributed by atoms with Crippen molar-refractivity contribution in [1.82, 2.24) is 27.9 Å². The van der Waals surface area contributed by atoms with Gasteiger partial charge in [-0.05, 0) is 107 Å². The van der Waals surface area contributed by atoms with E-state index in [1.165, 1.54) is 43.6 Å². The van der Waals surface area contributed by atoms with E-state index in [1.54, 1.807) is 0 Å². The molecule has 0 aliphatic carbocycles. The highest BCUT2D eigenvalue weighted by atomic mass is 15.0. The van der Waals surface area contributed by atoms with Crippen LogP contribution >= 0.6 is 0 Å². The molecular formula is C50H32N6. The van der Waals surface area contributed by atoms with Gasteiger partial charge in [0.1, 0.15) is 11.3 Å². The molecule has 0 N–H and O–H groups in total. The van der Waals surface area contributed by atoms with Crippen molar-refractivity contribution < 1.29 is 0 Å². The summed E-state index contributed by atoms with van der Waals surface area (Å²) in [6.45, 7) is 0. The Morgan fingerprint density at radius 2 is 0.679 bits per heavy atom. The van der Waals surface area contributed by atoms with Gasteiger partial charge in [0.15, 0.2) is 0 Å². The number of rotatable bonds is 5. The minimum absolute atomic E-state index is 0.912. The first-order valence-corrected chi connectivity index (χ1v) is 18.9. The zero-order valence-electron chi connectivity index (χ0n) is 30.2. The maximum absolute atomic E-state index is 4.64. The minimum Gasteiger partial charge on any atom is -0.309 e. The lowest BCUT2D eigenvalue weighted by molar-refractivity contribution is 1.13. The van der Waals surface area contributed by atoms with Gasteiger partial charge in [0.25, 0.3) is 0 Å². The van der Waals surface area contributed by atoms with Crippen LogP contribution in [0, 0.1) is 0 Å². The van der Waals surface area contributed by atoms with Gasteiger partial charge in [-0.25, -0.2) is 9.97 Å². The summed E-state index contributed by atoms with van der Waals surface area (Å²) in [5, 5.41) is 4.94. The van der Waals surface area contributed by atoms with Crippen LogP contribution in [0.25, 0.3) is 99.7 Å². The molecule has 6 heterocycles. The molecule has 0 fully saturated rings. The van der Waals surface area contributed by atoms with Crippen LogP contribution in [0.4, 0.5) is 0 Å². The van der Waals surface area contributed by atoms with E-state index in [-0.39, 0.29) is 0 Å². The number of hydrogen-bond acceptors (Lipinski definition) is 2. The maximum Gasteiger partial charge on any atom is 0.137 e. The van der Waals surface area contributed by atoms with Crippen molar-refractivity contribution in [2.75, 3.05) is 0 Å². The molecule has 6 nitrogen and oxygen atoms in total. The summed E-state index contributed by atoms with van der Waals surface area (Å²) in [5.74, 6) is 0. The first-order chi connectivity index (χ1) is 27.7. The van der Waals surface area contributed by atoms with Crippen molar-refractivity contribution in [3.05, 3.63) is 195 Å². The third kappa shape index (κ3) is 4.69. The van der Waals surface area contributed by atoms with Gasteiger partial charge in [-0.1, -0.05) is 72.8 Å². The first kappa shape index (κ1) is 30.7. The van der Waals surface area contributed by atoms with Crippen LogP contribution in [0.1, 0.15) is 0 Å². The molecule has 262 valence electrons. The van der Waals surface area contributed by atoms with Crippen LogP contribution < -0.4 is 0 Å². The van der Waals surface area contributed by atoms with E-state index in [9.17, 15) is 0 Å². The summed E-state index contributed by atoms with van der Waals surface area (Å²) in [6.07, 6.45) is 12.1. The van der Waals surface area contributed by atoms with Crippen LogP contribution in [-0.4, -0.2) is 27.9 Å². The smallest absolute Gasteiger partial charge is 0.137 e. The predicted octanol–water partition coefficient (Wildman–Crippen LogP) is 12.2. The number of fused-ring (bicyclic) bond motifs is 8. The Morgan fingerprint density at radius 3 is 1.07 bits per heavy atom. The normalized spacial score (nSPS) is 11.9. The number of aromatic nitrogens is 6. The number of hydrogen-bond donors (Lipinski definition) is 0. The summed E-state index contributed by atoms with van der Waals surface area (Å²) in [6, 6.07) is 57.2. The molecule has 0 aliphatic rings. The molecular weight excluding hydrogens is 685 g/mol. The van der Waals surface area contributed by atoms with E-state index in [1.807, 2.05) is 24.5 Å². The van der Waals surface area contributed by atoms with Gasteiger partial charge in [0.2, 0.25) is 0 Å². The fourth-order valence-corrected chi connectivity index (χ4v) is 8.75. The molecule has 12 rings (SSSR count). The molecule has 56 heavy (non-hydrogen) atoms. The van der Waals surface area contributed by atoms with E-state index in [2.05, 4.69) is 198 Å². The van der Waals surface area contributed by atoms with Gasteiger partial charge in [-0.15, -0.1) is 0 Å². The molecule has 0 saturated heterocycles. The second kappa shape index (κ2) is 11.9. The largest absolute Gasteiger partial charge is 0.309 e. The topological polar surface area (TPSA) is 44.5 Å². The molecule has 0 radical (unpaired) electrons. The van der Waals surface area contributed by atoms with E-state index in [0.717, 1.165) is 56.0 Å². The van der Waals surface area contributed by atoms with Crippen LogP contribution in [-0.2, 0) is 0 Å². The van der Waals surface area contributed by atoms with Crippen molar-refractivity contribution in [2.24, 2.45) is 0 Å². The van der Waals surface area contributed by atoms with Crippen molar-refractivity contribution in [3.63, 3.8) is 0 Å². The molecule has 6 aromatic heterocycles. The van der Waals surface area contributed by atoms with E-state index in [0.29, 0.717) is 0 Å². The lowest BCUT2D eigenvalue weighted by Gasteiger charge is -2.17. The summed E-state index contributed by atoms with van der Waals surface area (Å²) in [7, 11) is 0. The average molecular weight is 717 g/mol. The fraction of sp³-hybridized carbons (Fsp3) is 0. The standard InChI is InChI=1S/C50H32N6/c1-5-15-45-41(11-1)42-12-2-6-16-46(42)55(45)39-26-36(27-40(30-39)56-47-17-7-3-13-43(47)44-14-4-8-18-48(44)56)33-23-34(37-28-49-51-19-9-21-53(49)31-37)25-35(24-33)38-29-50-52-20-10-22-54(50)32-38/h1-32H. The Kier molecular flexibility index (Phi) is 6.53. The molecule has 0 saturated carbocycles. The lowest BCUT2D eigenvalue weighted by Crippen LogP contribution is -2.00. The van der Waals surface area contributed by atoms with E-state index >= 15 is 0 Å². The van der Waals surface area contributed by atoms with Gasteiger partial charge >= 0.3 is 0 Å². The molecule has 0 amide bonds. The van der Waals surface area contributed by atoms with Crippen LogP contribution in [0.2, 0.25) is 0 Å². The Hall–Kier alpha value is -7.70. The third-order valence-electron chi connectivity index (χ3n) is 11.2. The highest BCUT2D eigenvalue weighted by Gasteiger charge is 2.18. The molecule has 6 heteroatoms. The molecule has 0 spiro atoms. The van der Waals surface area contributed by atoms with Crippen LogP contribution in [0.3, 0.4) is 0 Å². The van der Waals surface area contributed by atoms with Gasteiger partial charge in [0, 0.05) is 81.2 Å². The molecule has 0 atom stereocenters. The second-order valence-electron chi connectivity index (χ2n) is 14.5. The Morgan fingerprint density at radius 1 is 0.321 bits per heavy atom. The summed E-state index contributed by atoms with van der Waals surface area (Å²) >= 11 is 0. The van der Waals surface area contributed by atoms with E-state index < -0.39 is 0 Å². The number of nitrogens with zero attached hydrogens (tertiary/aromatic N) is 6. The summed E-state index contributed by atoms with van der Waals surface area (Å²) in [5.41, 5.74) is 15.4. The average Bonchev–Trinajstić information content (AvgIpc) is 4.04. The second-order valence-corrected chi connectivity index (χ2v) is 14.5. The fourth-order valence-electron chi connectivity index (χ4n) is 8.75. The van der Waals surface area contributed by atoms with Crippen molar-refractivity contribution in [3.8, 4) is 44.8 Å². The van der Waals surface area contributed by atoms with Crippen LogP contribution in [0.15, 0.2) is 195 Å². The molecule has 0 unspecified atom stereocenters. The quantitative estimate of drug-likeness (QED) is 0.178. The van der Waals surface area contributed by atoms with Gasteiger partial charge < -0.3 is 17.9 Å². The predicted molar refractivity (Wildman–Crippen MR) is 229 cm³/mol. The van der Waals surface area contributed by atoms with Crippen molar-refractivity contribution >= 4 is 54.9 Å². The van der Waals surface area contributed by atoms with Crippen LogP contribution in [0.5, 0.6) is 0 Å². The highest BCUT2D eigenvalue weighted by molar-refractivity contribution is 6.10. The van der Waals surface area contributed by atoms with Gasteiger partial charge in [-0.3, -0.25) is 0 Å². The first-order valence-electron chi connectivity index (χ1n) is 18.9. The lowest BCUT2D eigenvalue weighted by atomic mass is 9.94. The highest BCUT2D eigenvalue weighted by Crippen LogP contribution is 2.40. The number of para-hydroxylation sites is 4. The van der Waals surface area contributed by atoms with E-state index in [4.69, 9.17) is 0 Å². The maximum atomic E-state index is 4.64. The Bertz CT molecular complexity index is 3100. The Labute approximate surface area is 321 Å². The summed E-state index contributed by atoms with van der Waals surface area (Å²) < 4.78 is 9.02. The zero-order chi connectivity index (χ0) is 36.7. The zero-order valence-corrected chi connectivity index (χ0v) is 30.2. The minimum atomic E-state index is 0.912. The molecule has 12 aromatic rings. The molecule has 0 bridgehead atoms. The SMILES string of the molecule is c1ccc2c(c1)c1ccccc1n2-c1cc(-c2cc(-c3cc4ncccn4c3)cc(-c3cc4ncccn4c3)c2)cc(-n2c3ccccc3c3ccccc32)c1. The molecule has 0 aliphatic heterocycles. The van der Waals surface area contributed by atoms with Gasteiger partial charge in [-0.2, -0.15) is 0 Å². The number of benzene rings is 6. The summed E-state index contributed by atoms with van der Waals surface area (Å²) in [4.78, 5) is 9.29. The monoisotopic (exact) mass is 716 g/mol. The van der Waals surface area contributed by atoms with Crippen molar-refractivity contribution in [2.45, 2.75) is 0 Å². The third-order valence-corrected chi connectivity index (χ3v) is 11.2. The van der Waals surface area contributed by atoms with Crippen molar-refractivity contribution in [1.29, 1.82) is 0 Å². The van der Waals surface area contributed by atoms with Gasteiger partial charge in [0.05, 0.1) is 22.1 Å². The Balaban J connectivity index is 1.17.